The lowest BCUT2D eigenvalue weighted by molar-refractivity contribution is 0.0650. The van der Waals surface area contributed by atoms with Gasteiger partial charge in [-0.2, -0.15) is 0 Å². The van der Waals surface area contributed by atoms with Gasteiger partial charge >= 0.3 is 12.2 Å². The van der Waals surface area contributed by atoms with E-state index in [1.807, 2.05) is 0 Å². The summed E-state index contributed by atoms with van der Waals surface area (Å²) >= 11 is 0. The van der Waals surface area contributed by atoms with Crippen molar-refractivity contribution in [3.8, 4) is 0 Å². The summed E-state index contributed by atoms with van der Waals surface area (Å²) in [6.45, 7) is 5.00. The first-order chi connectivity index (χ1) is 13.7. The Morgan fingerprint density at radius 3 is 1.54 bits per heavy atom. The molecule has 0 radical (unpaired) electrons. The second-order valence-electron chi connectivity index (χ2n) is 6.60. The average Bonchev–Trinajstić information content (AvgIpc) is 3.58. The molecule has 0 bridgehead atoms. The monoisotopic (exact) mass is 404 g/mol. The number of ether oxygens (including phenoxy) is 6. The summed E-state index contributed by atoms with van der Waals surface area (Å²) < 4.78 is 30.5. The van der Waals surface area contributed by atoms with Gasteiger partial charge < -0.3 is 39.1 Å². The van der Waals surface area contributed by atoms with Crippen LogP contribution < -0.4 is 10.6 Å². The molecular weight excluding hydrogens is 372 g/mol. The van der Waals surface area contributed by atoms with Crippen LogP contribution in [0.25, 0.3) is 0 Å². The third kappa shape index (κ3) is 13.5. The lowest BCUT2D eigenvalue weighted by Crippen LogP contribution is -2.27. The van der Waals surface area contributed by atoms with Crippen LogP contribution in [-0.2, 0) is 28.4 Å². The normalized spacial score (nSPS) is 19.7. The lowest BCUT2D eigenvalue weighted by Gasteiger charge is -2.08. The Hall–Kier alpha value is -1.62. The average molecular weight is 404 g/mol. The molecule has 0 spiro atoms. The highest BCUT2D eigenvalue weighted by Gasteiger charge is 2.22. The molecule has 10 nitrogen and oxygen atoms in total. The first-order valence-corrected chi connectivity index (χ1v) is 9.94. The van der Waals surface area contributed by atoms with Gasteiger partial charge in [0, 0.05) is 13.1 Å². The van der Waals surface area contributed by atoms with Crippen LogP contribution in [0.1, 0.15) is 25.7 Å². The van der Waals surface area contributed by atoms with E-state index in [1.54, 1.807) is 0 Å². The maximum Gasteiger partial charge on any atom is 0.407 e. The van der Waals surface area contributed by atoms with Crippen molar-refractivity contribution in [2.75, 3.05) is 65.9 Å². The Bertz CT molecular complexity index is 403. The third-order valence-corrected chi connectivity index (χ3v) is 3.98. The third-order valence-electron chi connectivity index (χ3n) is 3.98. The van der Waals surface area contributed by atoms with Gasteiger partial charge in [-0.15, -0.1) is 0 Å². The molecule has 2 aliphatic heterocycles. The number of amides is 2. The van der Waals surface area contributed by atoms with Gasteiger partial charge in [0.15, 0.2) is 0 Å². The van der Waals surface area contributed by atoms with Crippen LogP contribution in [0.3, 0.4) is 0 Å². The topological polar surface area (TPSA) is 120 Å². The molecule has 2 unspecified atom stereocenters. The molecule has 0 aromatic heterocycles. The molecule has 2 fully saturated rings. The van der Waals surface area contributed by atoms with Crippen molar-refractivity contribution >= 4 is 12.2 Å². The Labute approximate surface area is 165 Å². The van der Waals surface area contributed by atoms with Gasteiger partial charge in [-0.25, -0.2) is 9.59 Å². The predicted molar refractivity (Wildman–Crippen MR) is 98.3 cm³/mol. The van der Waals surface area contributed by atoms with Crippen LogP contribution >= 0.6 is 0 Å². The van der Waals surface area contributed by atoms with Crippen LogP contribution in [0.15, 0.2) is 0 Å². The summed E-state index contributed by atoms with van der Waals surface area (Å²) in [5, 5.41) is 5.39. The molecule has 2 saturated heterocycles. The van der Waals surface area contributed by atoms with E-state index in [0.29, 0.717) is 39.5 Å². The van der Waals surface area contributed by atoms with E-state index in [4.69, 9.17) is 28.4 Å². The van der Waals surface area contributed by atoms with Crippen molar-refractivity contribution in [1.29, 1.82) is 0 Å². The molecule has 2 aliphatic rings. The number of nitrogens with one attached hydrogen (secondary N) is 2. The predicted octanol–water partition coefficient (Wildman–Crippen LogP) is 0.830. The van der Waals surface area contributed by atoms with E-state index in [2.05, 4.69) is 10.6 Å². The maximum atomic E-state index is 11.4. The van der Waals surface area contributed by atoms with E-state index in [0.717, 1.165) is 38.9 Å². The molecule has 10 heteroatoms. The van der Waals surface area contributed by atoms with Crippen LogP contribution in [0, 0.1) is 0 Å². The van der Waals surface area contributed by atoms with E-state index in [1.165, 1.54) is 0 Å². The molecule has 2 atom stereocenters. The summed E-state index contributed by atoms with van der Waals surface area (Å²) in [7, 11) is 0. The van der Waals surface area contributed by atoms with Gasteiger partial charge in [-0.1, -0.05) is 12.8 Å². The second kappa shape index (κ2) is 14.4. The Morgan fingerprint density at radius 2 is 1.14 bits per heavy atom. The van der Waals surface area contributed by atoms with Gasteiger partial charge in [0.05, 0.1) is 39.6 Å². The van der Waals surface area contributed by atoms with Crippen molar-refractivity contribution in [2.24, 2.45) is 0 Å². The van der Waals surface area contributed by atoms with Crippen molar-refractivity contribution in [2.45, 2.75) is 37.9 Å². The number of alkyl carbamates (subject to hydrolysis) is 2. The van der Waals surface area contributed by atoms with Gasteiger partial charge in [-0.05, 0) is 12.8 Å². The van der Waals surface area contributed by atoms with Gasteiger partial charge in [0.2, 0.25) is 0 Å². The number of unbranched alkanes of at least 4 members (excludes halogenated alkanes) is 3. The van der Waals surface area contributed by atoms with Gasteiger partial charge in [-0.3, -0.25) is 0 Å². The zero-order valence-corrected chi connectivity index (χ0v) is 16.3. The molecule has 162 valence electrons. The molecular formula is C18H32N2O8. The molecule has 2 amide bonds. The number of carbonyl (C=O) groups excluding carboxylic acids is 2. The summed E-state index contributed by atoms with van der Waals surface area (Å²) in [5.74, 6) is 0. The summed E-state index contributed by atoms with van der Waals surface area (Å²) in [6, 6.07) is 0. The van der Waals surface area contributed by atoms with Crippen LogP contribution in [-0.4, -0.2) is 90.3 Å². The molecule has 0 aliphatic carbocycles. The quantitative estimate of drug-likeness (QED) is 0.270. The number of hydrogen-bond acceptors (Lipinski definition) is 8. The maximum absolute atomic E-state index is 11.4. The highest BCUT2D eigenvalue weighted by atomic mass is 16.6. The minimum Gasteiger partial charge on any atom is -0.447 e. The first kappa shape index (κ1) is 22.7. The van der Waals surface area contributed by atoms with Gasteiger partial charge in [0.25, 0.3) is 0 Å². The number of hydrogen-bond donors (Lipinski definition) is 2. The standard InChI is InChI=1S/C18H32N2O8/c21-17(25-9-7-23-11-15-13-27-15)19-5-3-1-2-4-6-20-18(22)26-10-8-24-12-16-14-28-16/h15-16H,1-14H2,(H,19,21)(H,20,22). The Kier molecular flexibility index (Phi) is 11.6. The van der Waals surface area contributed by atoms with Crippen molar-refractivity contribution < 1.29 is 38.0 Å². The fraction of sp³-hybridized carbons (Fsp3) is 0.889. The second-order valence-corrected chi connectivity index (χ2v) is 6.60. The summed E-state index contributed by atoms with van der Waals surface area (Å²) in [5.41, 5.74) is 0. The number of rotatable bonds is 17. The van der Waals surface area contributed by atoms with Crippen LogP contribution in [0.4, 0.5) is 9.59 Å². The van der Waals surface area contributed by atoms with Crippen LogP contribution in [0.2, 0.25) is 0 Å². The van der Waals surface area contributed by atoms with Crippen molar-refractivity contribution in [1.82, 2.24) is 10.6 Å². The molecule has 2 N–H and O–H groups in total. The fourth-order valence-electron chi connectivity index (χ4n) is 2.23. The molecule has 0 aromatic carbocycles. The smallest absolute Gasteiger partial charge is 0.407 e. The van der Waals surface area contributed by atoms with Crippen molar-refractivity contribution in [3.05, 3.63) is 0 Å². The largest absolute Gasteiger partial charge is 0.447 e. The SMILES string of the molecule is O=C(NCCCCCCNC(=O)OCCOCC1CO1)OCCOCC1CO1. The van der Waals surface area contributed by atoms with E-state index in [-0.39, 0.29) is 25.4 Å². The molecule has 2 rings (SSSR count). The Balaban J connectivity index is 1.24. The van der Waals surface area contributed by atoms with E-state index < -0.39 is 12.2 Å². The molecule has 2 heterocycles. The lowest BCUT2D eigenvalue weighted by atomic mass is 10.2. The molecule has 28 heavy (non-hydrogen) atoms. The first-order valence-electron chi connectivity index (χ1n) is 9.94. The summed E-state index contributed by atoms with van der Waals surface area (Å²) in [4.78, 5) is 22.9. The fourth-order valence-corrected chi connectivity index (χ4v) is 2.23. The zero-order valence-electron chi connectivity index (χ0n) is 16.3. The minimum atomic E-state index is -0.427. The van der Waals surface area contributed by atoms with E-state index in [9.17, 15) is 9.59 Å². The Morgan fingerprint density at radius 1 is 0.714 bits per heavy atom. The minimum absolute atomic E-state index is 0.224. The molecule has 0 saturated carbocycles. The molecule has 0 aromatic rings. The van der Waals surface area contributed by atoms with Gasteiger partial charge in [0.1, 0.15) is 25.4 Å². The van der Waals surface area contributed by atoms with Crippen LogP contribution in [0.5, 0.6) is 0 Å². The number of carbonyl (C=O) groups is 2. The highest BCUT2D eigenvalue weighted by molar-refractivity contribution is 5.67. The highest BCUT2D eigenvalue weighted by Crippen LogP contribution is 2.08. The number of epoxide rings is 2. The summed E-state index contributed by atoms with van der Waals surface area (Å²) in [6.07, 6.45) is 3.23. The zero-order chi connectivity index (χ0) is 19.9. The van der Waals surface area contributed by atoms with Crippen molar-refractivity contribution in [3.63, 3.8) is 0 Å². The van der Waals surface area contributed by atoms with E-state index >= 15 is 0 Å².